The second-order valence-electron chi connectivity index (χ2n) is 4.66. The second-order valence-corrected chi connectivity index (χ2v) is 6.50. The maximum atomic E-state index is 6.22. The van der Waals surface area contributed by atoms with Crippen LogP contribution in [0, 0.1) is 3.57 Å². The number of aromatic nitrogens is 2. The molecule has 2 aromatic rings. The Morgan fingerprint density at radius 1 is 1.25 bits per heavy atom. The zero-order chi connectivity index (χ0) is 14.3. The standard InChI is InChI=1S/C14H11Cl2IN2O/c1-20-10-5-4-8(6-9(10)15)14-18-12(7-2-3-7)11(17)13(16)19-14/h4-7H,2-3H2,1H3. The average Bonchev–Trinajstić information content (AvgIpc) is 3.26. The Balaban J connectivity index is 2.07. The van der Waals surface area contributed by atoms with Crippen molar-refractivity contribution in [1.29, 1.82) is 0 Å². The van der Waals surface area contributed by atoms with E-state index in [0.717, 1.165) is 14.8 Å². The maximum absolute atomic E-state index is 6.22. The van der Waals surface area contributed by atoms with E-state index in [9.17, 15) is 0 Å². The number of methoxy groups -OCH3 is 1. The van der Waals surface area contributed by atoms with E-state index >= 15 is 0 Å². The van der Waals surface area contributed by atoms with Gasteiger partial charge in [-0.05, 0) is 53.6 Å². The van der Waals surface area contributed by atoms with E-state index < -0.39 is 0 Å². The molecule has 0 unspecified atom stereocenters. The highest BCUT2D eigenvalue weighted by molar-refractivity contribution is 14.1. The second kappa shape index (κ2) is 5.66. The molecular weight excluding hydrogens is 410 g/mol. The van der Waals surface area contributed by atoms with Gasteiger partial charge < -0.3 is 4.74 Å². The molecule has 1 aromatic heterocycles. The third-order valence-corrected chi connectivity index (χ3v) is 5.16. The molecule has 20 heavy (non-hydrogen) atoms. The van der Waals surface area contributed by atoms with Gasteiger partial charge in [0.05, 0.1) is 21.4 Å². The lowest BCUT2D eigenvalue weighted by molar-refractivity contribution is 0.415. The predicted molar refractivity (Wildman–Crippen MR) is 88.7 cm³/mol. The Hall–Kier alpha value is -0.590. The lowest BCUT2D eigenvalue weighted by Gasteiger charge is -2.09. The lowest BCUT2D eigenvalue weighted by Crippen LogP contribution is -1.99. The smallest absolute Gasteiger partial charge is 0.161 e. The zero-order valence-corrected chi connectivity index (χ0v) is 14.3. The van der Waals surface area contributed by atoms with Gasteiger partial charge in [0, 0.05) is 11.5 Å². The first-order valence-electron chi connectivity index (χ1n) is 6.17. The fourth-order valence-electron chi connectivity index (χ4n) is 2.00. The third kappa shape index (κ3) is 2.73. The predicted octanol–water partition coefficient (Wildman–Crippen LogP) is 4.94. The number of hydrogen-bond acceptors (Lipinski definition) is 3. The summed E-state index contributed by atoms with van der Waals surface area (Å²) in [6, 6.07) is 5.50. The molecule has 0 spiro atoms. The molecule has 0 aliphatic heterocycles. The molecule has 1 aliphatic rings. The van der Waals surface area contributed by atoms with Crippen LogP contribution in [-0.4, -0.2) is 17.1 Å². The average molecular weight is 421 g/mol. The molecule has 0 atom stereocenters. The summed E-state index contributed by atoms with van der Waals surface area (Å²) in [5.74, 6) is 1.77. The van der Waals surface area contributed by atoms with Crippen LogP contribution < -0.4 is 4.74 Å². The van der Waals surface area contributed by atoms with Crippen molar-refractivity contribution in [1.82, 2.24) is 9.97 Å². The van der Waals surface area contributed by atoms with E-state index in [0.29, 0.717) is 27.7 Å². The SMILES string of the molecule is COc1ccc(-c2nc(Cl)c(I)c(C3CC3)n2)cc1Cl. The van der Waals surface area contributed by atoms with E-state index in [2.05, 4.69) is 32.6 Å². The number of benzene rings is 1. The molecule has 6 heteroatoms. The molecular formula is C14H11Cl2IN2O. The van der Waals surface area contributed by atoms with Gasteiger partial charge in [-0.2, -0.15) is 0 Å². The first-order chi connectivity index (χ1) is 9.60. The van der Waals surface area contributed by atoms with Gasteiger partial charge in [0.2, 0.25) is 0 Å². The fourth-order valence-corrected chi connectivity index (χ4v) is 3.11. The summed E-state index contributed by atoms with van der Waals surface area (Å²) in [5, 5.41) is 1.04. The van der Waals surface area contributed by atoms with Crippen LogP contribution in [-0.2, 0) is 0 Å². The van der Waals surface area contributed by atoms with Gasteiger partial charge in [-0.1, -0.05) is 23.2 Å². The van der Waals surface area contributed by atoms with Crippen molar-refractivity contribution in [2.24, 2.45) is 0 Å². The van der Waals surface area contributed by atoms with E-state index in [4.69, 9.17) is 27.9 Å². The van der Waals surface area contributed by atoms with Crippen molar-refractivity contribution in [2.75, 3.05) is 7.11 Å². The summed E-state index contributed by atoms with van der Waals surface area (Å²) < 4.78 is 6.10. The van der Waals surface area contributed by atoms with Crippen molar-refractivity contribution in [3.8, 4) is 17.1 Å². The van der Waals surface area contributed by atoms with Crippen LogP contribution in [0.1, 0.15) is 24.5 Å². The summed E-state index contributed by atoms with van der Waals surface area (Å²) in [5.41, 5.74) is 1.89. The normalized spacial score (nSPS) is 14.4. The molecule has 1 fully saturated rings. The number of rotatable bonds is 3. The van der Waals surface area contributed by atoms with Crippen molar-refractivity contribution in [2.45, 2.75) is 18.8 Å². The fraction of sp³-hybridized carbons (Fsp3) is 0.286. The van der Waals surface area contributed by atoms with Crippen molar-refractivity contribution in [3.63, 3.8) is 0 Å². The van der Waals surface area contributed by atoms with Gasteiger partial charge >= 0.3 is 0 Å². The van der Waals surface area contributed by atoms with Gasteiger partial charge in [0.1, 0.15) is 10.9 Å². The Morgan fingerprint density at radius 2 is 2.00 bits per heavy atom. The highest BCUT2D eigenvalue weighted by Gasteiger charge is 2.29. The summed E-state index contributed by atoms with van der Waals surface area (Å²) in [6.45, 7) is 0. The Morgan fingerprint density at radius 3 is 2.60 bits per heavy atom. The highest BCUT2D eigenvalue weighted by Crippen LogP contribution is 2.43. The molecule has 3 rings (SSSR count). The molecule has 1 saturated carbocycles. The quantitative estimate of drug-likeness (QED) is 0.521. The van der Waals surface area contributed by atoms with Gasteiger partial charge in [-0.15, -0.1) is 0 Å². The number of hydrogen-bond donors (Lipinski definition) is 0. The summed E-state index contributed by atoms with van der Waals surface area (Å²) in [7, 11) is 1.59. The van der Waals surface area contributed by atoms with Gasteiger partial charge in [0.25, 0.3) is 0 Å². The molecule has 0 saturated heterocycles. The summed E-state index contributed by atoms with van der Waals surface area (Å²) in [6.07, 6.45) is 2.35. The number of ether oxygens (including phenoxy) is 1. The van der Waals surface area contributed by atoms with Crippen LogP contribution in [0.3, 0.4) is 0 Å². The first-order valence-corrected chi connectivity index (χ1v) is 8.00. The Kier molecular flexibility index (Phi) is 4.06. The van der Waals surface area contributed by atoms with Crippen LogP contribution in [0.4, 0.5) is 0 Å². The largest absolute Gasteiger partial charge is 0.495 e. The number of nitrogens with zero attached hydrogens (tertiary/aromatic N) is 2. The molecule has 1 heterocycles. The third-order valence-electron chi connectivity index (χ3n) is 3.21. The molecule has 0 amide bonds. The van der Waals surface area contributed by atoms with Crippen LogP contribution in [0.15, 0.2) is 18.2 Å². The zero-order valence-electron chi connectivity index (χ0n) is 10.7. The van der Waals surface area contributed by atoms with E-state index in [1.807, 2.05) is 12.1 Å². The molecule has 0 radical (unpaired) electrons. The van der Waals surface area contributed by atoms with E-state index in [-0.39, 0.29) is 0 Å². The van der Waals surface area contributed by atoms with Crippen LogP contribution in [0.5, 0.6) is 5.75 Å². The molecule has 0 bridgehead atoms. The van der Waals surface area contributed by atoms with Crippen molar-refractivity contribution >= 4 is 45.8 Å². The Bertz CT molecular complexity index is 674. The van der Waals surface area contributed by atoms with Gasteiger partial charge in [-0.3, -0.25) is 0 Å². The van der Waals surface area contributed by atoms with Crippen LogP contribution >= 0.6 is 45.8 Å². The number of halogens is 3. The Labute approximate surface area is 140 Å². The van der Waals surface area contributed by atoms with E-state index in [1.165, 1.54) is 12.8 Å². The summed E-state index contributed by atoms with van der Waals surface area (Å²) >= 11 is 14.6. The highest BCUT2D eigenvalue weighted by atomic mass is 127. The monoisotopic (exact) mass is 420 g/mol. The summed E-state index contributed by atoms with van der Waals surface area (Å²) in [4.78, 5) is 9.02. The minimum absolute atomic E-state index is 0.504. The molecule has 104 valence electrons. The van der Waals surface area contributed by atoms with Gasteiger partial charge in [-0.25, -0.2) is 9.97 Å². The first kappa shape index (κ1) is 14.4. The topological polar surface area (TPSA) is 35.0 Å². The molecule has 0 N–H and O–H groups in total. The minimum Gasteiger partial charge on any atom is -0.495 e. The van der Waals surface area contributed by atoms with Crippen LogP contribution in [0.25, 0.3) is 11.4 Å². The van der Waals surface area contributed by atoms with Crippen molar-refractivity contribution in [3.05, 3.63) is 37.6 Å². The molecule has 1 aliphatic carbocycles. The van der Waals surface area contributed by atoms with Crippen LogP contribution in [0.2, 0.25) is 10.2 Å². The van der Waals surface area contributed by atoms with Gasteiger partial charge in [0.15, 0.2) is 5.82 Å². The molecule has 3 nitrogen and oxygen atoms in total. The minimum atomic E-state index is 0.504. The molecule has 1 aromatic carbocycles. The van der Waals surface area contributed by atoms with Crippen molar-refractivity contribution < 1.29 is 4.74 Å². The maximum Gasteiger partial charge on any atom is 0.161 e. The lowest BCUT2D eigenvalue weighted by atomic mass is 10.2. The van der Waals surface area contributed by atoms with E-state index in [1.54, 1.807) is 13.2 Å².